The molecule has 1 unspecified atom stereocenters. The molecule has 0 aliphatic carbocycles. The molecule has 0 saturated heterocycles. The summed E-state index contributed by atoms with van der Waals surface area (Å²) in [6.07, 6.45) is 0. The number of hydrogen-bond donors (Lipinski definition) is 2. The van der Waals surface area contributed by atoms with Crippen molar-refractivity contribution in [2.24, 2.45) is 11.7 Å². The maximum Gasteiger partial charge on any atom is 0.214 e. The summed E-state index contributed by atoms with van der Waals surface area (Å²) in [6.45, 7) is 3.85. The zero-order valence-corrected chi connectivity index (χ0v) is 10.8. The SMILES string of the molecule is COCCS(=O)(=O)NC(C(N)=S)C(C)C. The second-order valence-corrected chi connectivity index (χ2v) is 5.90. The summed E-state index contributed by atoms with van der Waals surface area (Å²) in [7, 11) is -1.93. The maximum atomic E-state index is 11.5. The number of thiocarbonyl (C=S) groups is 1. The molecule has 0 aliphatic rings. The second-order valence-electron chi connectivity index (χ2n) is 3.55. The number of rotatable bonds is 7. The van der Waals surface area contributed by atoms with Gasteiger partial charge in [-0.15, -0.1) is 0 Å². The first-order valence-electron chi connectivity index (χ1n) is 4.58. The van der Waals surface area contributed by atoms with Gasteiger partial charge in [0.25, 0.3) is 0 Å². The third-order valence-corrected chi connectivity index (χ3v) is 3.41. The molecular formula is C8H18N2O3S2. The van der Waals surface area contributed by atoms with Crippen LogP contribution >= 0.6 is 12.2 Å². The van der Waals surface area contributed by atoms with Crippen LogP contribution in [0.3, 0.4) is 0 Å². The van der Waals surface area contributed by atoms with Gasteiger partial charge in [0.1, 0.15) is 0 Å². The van der Waals surface area contributed by atoms with Crippen molar-refractivity contribution in [3.05, 3.63) is 0 Å². The Balaban J connectivity index is 4.46. The van der Waals surface area contributed by atoms with Crippen molar-refractivity contribution in [2.45, 2.75) is 19.9 Å². The van der Waals surface area contributed by atoms with Gasteiger partial charge < -0.3 is 10.5 Å². The molecule has 0 rings (SSSR count). The summed E-state index contributed by atoms with van der Waals surface area (Å²) in [5.41, 5.74) is 5.45. The van der Waals surface area contributed by atoms with Gasteiger partial charge in [-0.1, -0.05) is 26.1 Å². The van der Waals surface area contributed by atoms with E-state index in [0.717, 1.165) is 0 Å². The number of nitrogens with two attached hydrogens (primary N) is 1. The number of methoxy groups -OCH3 is 1. The molecule has 0 fully saturated rings. The average molecular weight is 254 g/mol. The van der Waals surface area contributed by atoms with E-state index in [2.05, 4.69) is 4.72 Å². The summed E-state index contributed by atoms with van der Waals surface area (Å²) < 4.78 is 30.2. The van der Waals surface area contributed by atoms with E-state index >= 15 is 0 Å². The molecule has 0 aromatic heterocycles. The molecule has 0 saturated carbocycles. The Morgan fingerprint density at radius 1 is 1.53 bits per heavy atom. The Kier molecular flexibility index (Phi) is 6.26. The van der Waals surface area contributed by atoms with Crippen LogP contribution in [0.4, 0.5) is 0 Å². The Morgan fingerprint density at radius 2 is 2.07 bits per heavy atom. The smallest absolute Gasteiger partial charge is 0.214 e. The highest BCUT2D eigenvalue weighted by Gasteiger charge is 2.22. The highest BCUT2D eigenvalue weighted by atomic mass is 32.2. The lowest BCUT2D eigenvalue weighted by Crippen LogP contribution is -2.47. The molecule has 0 heterocycles. The van der Waals surface area contributed by atoms with Crippen LogP contribution in [0.25, 0.3) is 0 Å². The van der Waals surface area contributed by atoms with Crippen LogP contribution in [0.2, 0.25) is 0 Å². The zero-order valence-electron chi connectivity index (χ0n) is 9.19. The molecule has 15 heavy (non-hydrogen) atoms. The number of nitrogens with one attached hydrogen (secondary N) is 1. The predicted octanol–water partition coefficient (Wildman–Crippen LogP) is -0.137. The Labute approximate surface area is 96.4 Å². The van der Waals surface area contributed by atoms with E-state index in [-0.39, 0.29) is 23.3 Å². The highest BCUT2D eigenvalue weighted by molar-refractivity contribution is 7.89. The lowest BCUT2D eigenvalue weighted by atomic mass is 10.1. The first kappa shape index (κ1) is 14.8. The van der Waals surface area contributed by atoms with Crippen LogP contribution in [0.15, 0.2) is 0 Å². The highest BCUT2D eigenvalue weighted by Crippen LogP contribution is 2.04. The van der Waals surface area contributed by atoms with Crippen molar-refractivity contribution in [1.29, 1.82) is 0 Å². The lowest BCUT2D eigenvalue weighted by Gasteiger charge is -2.20. The Bertz CT molecular complexity index is 301. The summed E-state index contributed by atoms with van der Waals surface area (Å²) in [4.78, 5) is 0.158. The third-order valence-electron chi connectivity index (χ3n) is 1.84. The zero-order chi connectivity index (χ0) is 12.1. The van der Waals surface area contributed by atoms with Gasteiger partial charge >= 0.3 is 0 Å². The van der Waals surface area contributed by atoms with Crippen molar-refractivity contribution in [3.8, 4) is 0 Å². The minimum Gasteiger partial charge on any atom is -0.392 e. The van der Waals surface area contributed by atoms with E-state index in [1.807, 2.05) is 13.8 Å². The van der Waals surface area contributed by atoms with Crippen molar-refractivity contribution < 1.29 is 13.2 Å². The van der Waals surface area contributed by atoms with Gasteiger partial charge in [0.2, 0.25) is 10.0 Å². The van der Waals surface area contributed by atoms with Crippen LogP contribution in [0.1, 0.15) is 13.8 Å². The fourth-order valence-electron chi connectivity index (χ4n) is 0.968. The molecule has 0 aromatic rings. The van der Waals surface area contributed by atoms with Crippen LogP contribution in [0, 0.1) is 5.92 Å². The summed E-state index contributed by atoms with van der Waals surface area (Å²) in [5.74, 6) is -0.0604. The normalized spacial score (nSPS) is 14.1. The van der Waals surface area contributed by atoms with E-state index in [1.165, 1.54) is 7.11 Å². The number of sulfonamides is 1. The minimum absolute atomic E-state index is 0.0276. The van der Waals surface area contributed by atoms with Gasteiger partial charge in [-0.05, 0) is 5.92 Å². The van der Waals surface area contributed by atoms with E-state index in [4.69, 9.17) is 22.7 Å². The standard InChI is InChI=1S/C8H18N2O3S2/c1-6(2)7(8(9)14)10-15(11,12)5-4-13-3/h6-7,10H,4-5H2,1-3H3,(H2,9,14). The number of hydrogen-bond acceptors (Lipinski definition) is 4. The minimum atomic E-state index is -3.38. The van der Waals surface area contributed by atoms with Crippen molar-refractivity contribution in [2.75, 3.05) is 19.5 Å². The van der Waals surface area contributed by atoms with Gasteiger partial charge in [-0.2, -0.15) is 0 Å². The topological polar surface area (TPSA) is 81.4 Å². The third kappa shape index (κ3) is 6.03. The molecule has 0 amide bonds. The second kappa shape index (κ2) is 6.37. The Morgan fingerprint density at radius 3 is 2.40 bits per heavy atom. The van der Waals surface area contributed by atoms with Crippen LogP contribution in [-0.2, 0) is 14.8 Å². The summed E-state index contributed by atoms with van der Waals surface area (Å²) in [6, 6.07) is -0.498. The molecule has 5 nitrogen and oxygen atoms in total. The molecule has 1 atom stereocenters. The van der Waals surface area contributed by atoms with Gasteiger partial charge in [0.15, 0.2) is 0 Å². The van der Waals surface area contributed by atoms with Crippen molar-refractivity contribution in [3.63, 3.8) is 0 Å². The van der Waals surface area contributed by atoms with Crippen LogP contribution in [0.5, 0.6) is 0 Å². The molecule has 0 aliphatic heterocycles. The van der Waals surface area contributed by atoms with E-state index < -0.39 is 16.1 Å². The van der Waals surface area contributed by atoms with E-state index in [1.54, 1.807) is 0 Å². The van der Waals surface area contributed by atoms with Crippen molar-refractivity contribution >= 4 is 27.2 Å². The first-order valence-corrected chi connectivity index (χ1v) is 6.64. The molecule has 7 heteroatoms. The molecule has 0 aromatic carbocycles. The molecule has 3 N–H and O–H groups in total. The fourth-order valence-corrected chi connectivity index (χ4v) is 2.66. The quantitative estimate of drug-likeness (QED) is 0.618. The van der Waals surface area contributed by atoms with Gasteiger partial charge in [-0.3, -0.25) is 0 Å². The lowest BCUT2D eigenvalue weighted by molar-refractivity contribution is 0.216. The monoisotopic (exact) mass is 254 g/mol. The van der Waals surface area contributed by atoms with Crippen LogP contribution in [-0.4, -0.2) is 38.9 Å². The van der Waals surface area contributed by atoms with Gasteiger partial charge in [0, 0.05) is 7.11 Å². The molecule has 0 spiro atoms. The van der Waals surface area contributed by atoms with Gasteiger partial charge in [0.05, 0.1) is 23.4 Å². The fraction of sp³-hybridized carbons (Fsp3) is 0.875. The predicted molar refractivity (Wildman–Crippen MR) is 64.2 cm³/mol. The first-order chi connectivity index (χ1) is 6.80. The molecule has 90 valence electrons. The van der Waals surface area contributed by atoms with Gasteiger partial charge in [-0.25, -0.2) is 13.1 Å². The molecule has 0 radical (unpaired) electrons. The number of ether oxygens (including phenoxy) is 1. The molecule has 0 bridgehead atoms. The molecular weight excluding hydrogens is 236 g/mol. The van der Waals surface area contributed by atoms with E-state index in [9.17, 15) is 8.42 Å². The Hall–Kier alpha value is -0.240. The summed E-state index contributed by atoms with van der Waals surface area (Å²) >= 11 is 4.79. The maximum absolute atomic E-state index is 11.5. The van der Waals surface area contributed by atoms with E-state index in [0.29, 0.717) is 0 Å². The van der Waals surface area contributed by atoms with Crippen molar-refractivity contribution in [1.82, 2.24) is 4.72 Å². The van der Waals surface area contributed by atoms with Crippen LogP contribution < -0.4 is 10.5 Å². The summed E-state index contributed by atoms with van der Waals surface area (Å²) in [5, 5.41) is 0. The largest absolute Gasteiger partial charge is 0.392 e. The average Bonchev–Trinajstić information content (AvgIpc) is 2.10.